The normalized spacial score (nSPS) is 15.8. The molecular formula is C24H24FN3O2. The first-order chi connectivity index (χ1) is 14.5. The number of Topliss-reactive ketones (excluding diaryl/α,β-unsaturated/α-hetero) is 1. The van der Waals surface area contributed by atoms with Crippen molar-refractivity contribution in [2.75, 3.05) is 18.0 Å². The zero-order valence-electron chi connectivity index (χ0n) is 16.9. The van der Waals surface area contributed by atoms with Gasteiger partial charge in [0.15, 0.2) is 5.78 Å². The van der Waals surface area contributed by atoms with Gasteiger partial charge in [0.05, 0.1) is 23.7 Å². The Balaban J connectivity index is 1.48. The maximum atomic E-state index is 13.2. The smallest absolute Gasteiger partial charge is 0.162 e. The van der Waals surface area contributed by atoms with Gasteiger partial charge in [0, 0.05) is 30.6 Å². The number of rotatable bonds is 5. The number of anilines is 1. The SMILES string of the molecule is CCC(=O)c1ccc(-c2cncc(N3CCC(O)(c4ccc(F)cc4)CC3)n2)cc1. The molecule has 0 unspecified atom stereocenters. The van der Waals surface area contributed by atoms with Crippen LogP contribution < -0.4 is 4.90 Å². The van der Waals surface area contributed by atoms with Crippen molar-refractivity contribution in [3.8, 4) is 11.3 Å². The van der Waals surface area contributed by atoms with E-state index in [4.69, 9.17) is 4.98 Å². The molecule has 0 atom stereocenters. The van der Waals surface area contributed by atoms with E-state index in [2.05, 4.69) is 9.88 Å². The van der Waals surface area contributed by atoms with Crippen molar-refractivity contribution >= 4 is 11.6 Å². The first-order valence-corrected chi connectivity index (χ1v) is 10.2. The fourth-order valence-corrected chi connectivity index (χ4v) is 3.83. The minimum Gasteiger partial charge on any atom is -0.385 e. The predicted octanol–water partition coefficient (Wildman–Crippen LogP) is 4.36. The van der Waals surface area contributed by atoms with Crippen molar-refractivity contribution in [3.63, 3.8) is 0 Å². The second-order valence-corrected chi connectivity index (χ2v) is 7.64. The minimum absolute atomic E-state index is 0.114. The van der Waals surface area contributed by atoms with Crippen LogP contribution in [0.1, 0.15) is 42.1 Å². The largest absolute Gasteiger partial charge is 0.385 e. The summed E-state index contributed by atoms with van der Waals surface area (Å²) in [5, 5.41) is 11.0. The summed E-state index contributed by atoms with van der Waals surface area (Å²) >= 11 is 0. The number of aliphatic hydroxyl groups is 1. The molecule has 2 aromatic carbocycles. The Labute approximate surface area is 175 Å². The molecule has 1 aliphatic rings. The lowest BCUT2D eigenvalue weighted by Crippen LogP contribution is -2.43. The lowest BCUT2D eigenvalue weighted by molar-refractivity contribution is 0.0116. The summed E-state index contributed by atoms with van der Waals surface area (Å²) in [6.07, 6.45) is 4.96. The average molecular weight is 405 g/mol. The summed E-state index contributed by atoms with van der Waals surface area (Å²) in [7, 11) is 0. The number of piperidine rings is 1. The van der Waals surface area contributed by atoms with E-state index in [9.17, 15) is 14.3 Å². The van der Waals surface area contributed by atoms with Gasteiger partial charge in [-0.25, -0.2) is 9.37 Å². The van der Waals surface area contributed by atoms with Crippen LogP contribution in [0.15, 0.2) is 60.9 Å². The van der Waals surface area contributed by atoms with E-state index in [0.29, 0.717) is 37.9 Å². The van der Waals surface area contributed by atoms with Gasteiger partial charge in [0.1, 0.15) is 11.6 Å². The number of aromatic nitrogens is 2. The number of carbonyl (C=O) groups excluding carboxylic acids is 1. The molecule has 1 fully saturated rings. The van der Waals surface area contributed by atoms with Crippen LogP contribution in [0.3, 0.4) is 0 Å². The predicted molar refractivity (Wildman–Crippen MR) is 114 cm³/mol. The summed E-state index contributed by atoms with van der Waals surface area (Å²) in [6, 6.07) is 13.5. The van der Waals surface area contributed by atoms with E-state index in [1.165, 1.54) is 12.1 Å². The van der Waals surface area contributed by atoms with Crippen LogP contribution in [0.25, 0.3) is 11.3 Å². The summed E-state index contributed by atoms with van der Waals surface area (Å²) < 4.78 is 13.2. The molecule has 0 spiro atoms. The van der Waals surface area contributed by atoms with Gasteiger partial charge in [-0.15, -0.1) is 0 Å². The second-order valence-electron chi connectivity index (χ2n) is 7.64. The van der Waals surface area contributed by atoms with Gasteiger partial charge < -0.3 is 10.0 Å². The third-order valence-corrected chi connectivity index (χ3v) is 5.74. The molecule has 1 aromatic heterocycles. The van der Waals surface area contributed by atoms with Gasteiger partial charge in [-0.3, -0.25) is 9.78 Å². The molecule has 1 aliphatic heterocycles. The number of ketones is 1. The molecule has 4 rings (SSSR count). The second kappa shape index (κ2) is 8.32. The van der Waals surface area contributed by atoms with E-state index in [1.54, 1.807) is 24.5 Å². The van der Waals surface area contributed by atoms with Crippen molar-refractivity contribution in [1.82, 2.24) is 9.97 Å². The van der Waals surface area contributed by atoms with Crippen molar-refractivity contribution in [2.24, 2.45) is 0 Å². The van der Waals surface area contributed by atoms with E-state index in [0.717, 1.165) is 22.6 Å². The van der Waals surface area contributed by atoms with Gasteiger partial charge >= 0.3 is 0 Å². The Bertz CT molecular complexity index is 1030. The summed E-state index contributed by atoms with van der Waals surface area (Å²) in [5.74, 6) is 0.560. The van der Waals surface area contributed by atoms with Crippen LogP contribution >= 0.6 is 0 Å². The van der Waals surface area contributed by atoms with Crippen molar-refractivity contribution in [3.05, 3.63) is 77.9 Å². The molecule has 2 heterocycles. The highest BCUT2D eigenvalue weighted by Crippen LogP contribution is 2.34. The van der Waals surface area contributed by atoms with Gasteiger partial charge in [-0.05, 0) is 30.5 Å². The van der Waals surface area contributed by atoms with Crippen molar-refractivity contribution in [1.29, 1.82) is 0 Å². The van der Waals surface area contributed by atoms with Gasteiger partial charge in [-0.2, -0.15) is 0 Å². The summed E-state index contributed by atoms with van der Waals surface area (Å²) in [4.78, 5) is 23.0. The molecule has 0 bridgehead atoms. The number of carbonyl (C=O) groups is 1. The Morgan fingerprint density at radius 1 is 1.07 bits per heavy atom. The van der Waals surface area contributed by atoms with Crippen LogP contribution in [0.4, 0.5) is 10.2 Å². The molecule has 0 saturated carbocycles. The molecule has 154 valence electrons. The molecule has 0 aliphatic carbocycles. The quantitative estimate of drug-likeness (QED) is 0.639. The topological polar surface area (TPSA) is 66.3 Å². The lowest BCUT2D eigenvalue weighted by Gasteiger charge is -2.39. The Hall–Kier alpha value is -3.12. The Morgan fingerprint density at radius 3 is 2.37 bits per heavy atom. The maximum Gasteiger partial charge on any atom is 0.162 e. The van der Waals surface area contributed by atoms with Crippen LogP contribution in [0, 0.1) is 5.82 Å². The molecule has 1 N–H and O–H groups in total. The Morgan fingerprint density at radius 2 is 1.73 bits per heavy atom. The van der Waals surface area contributed by atoms with E-state index in [1.807, 2.05) is 31.2 Å². The zero-order valence-corrected chi connectivity index (χ0v) is 16.9. The summed E-state index contributed by atoms with van der Waals surface area (Å²) in [5.41, 5.74) is 2.11. The Kier molecular flexibility index (Phi) is 5.59. The average Bonchev–Trinajstić information content (AvgIpc) is 2.79. The third kappa shape index (κ3) is 4.09. The van der Waals surface area contributed by atoms with Crippen LogP contribution in [0.5, 0.6) is 0 Å². The number of halogens is 1. The van der Waals surface area contributed by atoms with Crippen molar-refractivity contribution < 1.29 is 14.3 Å². The maximum absolute atomic E-state index is 13.2. The molecule has 5 nitrogen and oxygen atoms in total. The molecular weight excluding hydrogens is 381 g/mol. The van der Waals surface area contributed by atoms with E-state index >= 15 is 0 Å². The first kappa shape index (κ1) is 20.2. The highest BCUT2D eigenvalue weighted by molar-refractivity contribution is 5.96. The highest BCUT2D eigenvalue weighted by Gasteiger charge is 2.34. The van der Waals surface area contributed by atoms with E-state index < -0.39 is 5.60 Å². The van der Waals surface area contributed by atoms with Crippen molar-refractivity contribution in [2.45, 2.75) is 31.8 Å². The highest BCUT2D eigenvalue weighted by atomic mass is 19.1. The number of nitrogens with zero attached hydrogens (tertiary/aromatic N) is 3. The van der Waals surface area contributed by atoms with E-state index in [-0.39, 0.29) is 11.6 Å². The first-order valence-electron chi connectivity index (χ1n) is 10.2. The van der Waals surface area contributed by atoms with Gasteiger partial charge in [0.25, 0.3) is 0 Å². The van der Waals surface area contributed by atoms with Crippen LogP contribution in [0.2, 0.25) is 0 Å². The number of hydrogen-bond acceptors (Lipinski definition) is 5. The van der Waals surface area contributed by atoms with Crippen LogP contribution in [-0.2, 0) is 5.60 Å². The number of benzene rings is 2. The molecule has 0 radical (unpaired) electrons. The number of hydrogen-bond donors (Lipinski definition) is 1. The fraction of sp³-hybridized carbons (Fsp3) is 0.292. The molecule has 0 amide bonds. The molecule has 3 aromatic rings. The minimum atomic E-state index is -0.961. The van der Waals surface area contributed by atoms with Gasteiger partial charge in [0.2, 0.25) is 0 Å². The molecule has 30 heavy (non-hydrogen) atoms. The monoisotopic (exact) mass is 405 g/mol. The van der Waals surface area contributed by atoms with Gasteiger partial charge in [-0.1, -0.05) is 43.3 Å². The molecule has 6 heteroatoms. The standard InChI is InChI=1S/C24H24FN3O2/c1-2-22(29)18-5-3-17(4-6-18)21-15-26-16-23(27-21)28-13-11-24(30,12-14-28)19-7-9-20(25)10-8-19/h3-10,15-16,30H,2,11-14H2,1H3. The van der Waals surface area contributed by atoms with Crippen LogP contribution in [-0.4, -0.2) is 33.9 Å². The lowest BCUT2D eigenvalue weighted by atomic mass is 9.84. The fourth-order valence-electron chi connectivity index (χ4n) is 3.83. The zero-order chi connectivity index (χ0) is 21.1. The molecule has 1 saturated heterocycles. The third-order valence-electron chi connectivity index (χ3n) is 5.74. The summed E-state index contributed by atoms with van der Waals surface area (Å²) in [6.45, 7) is 3.09.